The Morgan fingerprint density at radius 1 is 1.10 bits per heavy atom. The zero-order chi connectivity index (χ0) is 27.7. The number of rotatable bonds is 6. The van der Waals surface area contributed by atoms with Crippen LogP contribution in [0.25, 0.3) is 11.0 Å². The van der Waals surface area contributed by atoms with Crippen LogP contribution in [0.4, 0.5) is 4.79 Å². The molecule has 10 heteroatoms. The summed E-state index contributed by atoms with van der Waals surface area (Å²) >= 11 is 0. The van der Waals surface area contributed by atoms with Crippen molar-refractivity contribution in [1.82, 2.24) is 19.2 Å². The minimum atomic E-state index is -3.68. The lowest BCUT2D eigenvalue weighted by Crippen LogP contribution is -2.39. The monoisotopic (exact) mass is 552 g/mol. The van der Waals surface area contributed by atoms with Gasteiger partial charge in [0.2, 0.25) is 15.9 Å². The first-order chi connectivity index (χ1) is 18.7. The van der Waals surface area contributed by atoms with Gasteiger partial charge in [-0.2, -0.15) is 0 Å². The number of nitrogens with zero attached hydrogens (tertiary/aromatic N) is 3. The second-order valence-corrected chi connectivity index (χ2v) is 12.7. The van der Waals surface area contributed by atoms with E-state index in [1.54, 1.807) is 4.90 Å². The van der Waals surface area contributed by atoms with Gasteiger partial charge in [-0.25, -0.2) is 18.2 Å². The number of amides is 2. The van der Waals surface area contributed by atoms with E-state index in [0.29, 0.717) is 38.8 Å². The van der Waals surface area contributed by atoms with E-state index in [1.807, 2.05) is 18.2 Å². The highest BCUT2D eigenvalue weighted by Gasteiger charge is 2.35. The lowest BCUT2D eigenvalue weighted by molar-refractivity contribution is -0.117. The molecule has 0 radical (unpaired) electrons. The van der Waals surface area contributed by atoms with Crippen molar-refractivity contribution in [3.05, 3.63) is 65.0 Å². The summed E-state index contributed by atoms with van der Waals surface area (Å²) < 4.78 is 34.7. The molecule has 2 aromatic carbocycles. The van der Waals surface area contributed by atoms with Crippen LogP contribution in [0.15, 0.2) is 42.5 Å². The number of hydrogen-bond acceptors (Lipinski definition) is 6. The van der Waals surface area contributed by atoms with E-state index in [0.717, 1.165) is 35.3 Å². The number of sulfonamides is 1. The summed E-state index contributed by atoms with van der Waals surface area (Å²) in [6.45, 7) is 4.48. The number of aromatic nitrogens is 2. The molecule has 2 amide bonds. The number of ether oxygens (including phenoxy) is 1. The van der Waals surface area contributed by atoms with E-state index in [9.17, 15) is 18.0 Å². The zero-order valence-corrected chi connectivity index (χ0v) is 23.5. The van der Waals surface area contributed by atoms with Crippen LogP contribution in [0.3, 0.4) is 0 Å². The molecular formula is C29H36N4O5S. The SMILES string of the molecule is COC(=O)N1CCc2ccc3c(nc([C@H]4CC[C@H](S(=O)(=O)NC(C)=O)CC4)n3[C@@H](C)Cc3ccccc3)c2C1. The van der Waals surface area contributed by atoms with Crippen molar-refractivity contribution in [3.63, 3.8) is 0 Å². The number of hydrogen-bond donors (Lipinski definition) is 1. The number of imidazole rings is 1. The second kappa shape index (κ2) is 11.0. The molecule has 2 aliphatic rings. The van der Waals surface area contributed by atoms with Gasteiger partial charge in [0.15, 0.2) is 0 Å². The normalized spacial score (nSPS) is 20.3. The van der Waals surface area contributed by atoms with Crippen LogP contribution in [0.5, 0.6) is 0 Å². The summed E-state index contributed by atoms with van der Waals surface area (Å²) in [7, 11) is -2.28. The topological polar surface area (TPSA) is 111 Å². The van der Waals surface area contributed by atoms with Crippen LogP contribution in [-0.2, 0) is 38.9 Å². The zero-order valence-electron chi connectivity index (χ0n) is 22.7. The fraction of sp³-hybridized carbons (Fsp3) is 0.483. The fourth-order valence-corrected chi connectivity index (χ4v) is 7.67. The van der Waals surface area contributed by atoms with Gasteiger partial charge >= 0.3 is 6.09 Å². The van der Waals surface area contributed by atoms with Crippen LogP contribution in [0.2, 0.25) is 0 Å². The van der Waals surface area contributed by atoms with E-state index >= 15 is 0 Å². The third kappa shape index (κ3) is 5.52. The molecule has 9 nitrogen and oxygen atoms in total. The highest BCUT2D eigenvalue weighted by Crippen LogP contribution is 2.39. The molecule has 3 aromatic rings. The molecule has 1 aliphatic carbocycles. The first kappa shape index (κ1) is 27.2. The number of benzene rings is 2. The fourth-order valence-electron chi connectivity index (χ4n) is 6.21. The van der Waals surface area contributed by atoms with Gasteiger partial charge in [0, 0.05) is 31.0 Å². The van der Waals surface area contributed by atoms with Gasteiger partial charge in [-0.15, -0.1) is 0 Å². The standard InChI is InChI=1S/C29H36N4O5S/c1-19(17-21-7-5-4-6-8-21)33-26-14-11-22-15-16-32(29(35)38-3)18-25(22)27(26)30-28(33)23-9-12-24(13-10-23)39(36,37)31-20(2)34/h4-8,11,14,19,23-24H,9-10,12-13,15-18H2,1-3H3,(H,31,34)/t19-,23-,24-/m0/s1. The molecule has 0 saturated heterocycles. The molecule has 39 heavy (non-hydrogen) atoms. The Balaban J connectivity index is 1.52. The van der Waals surface area contributed by atoms with Crippen molar-refractivity contribution in [2.75, 3.05) is 13.7 Å². The summed E-state index contributed by atoms with van der Waals surface area (Å²) in [5, 5.41) is -0.585. The molecule has 0 unspecified atom stereocenters. The maximum atomic E-state index is 12.6. The summed E-state index contributed by atoms with van der Waals surface area (Å²) in [4.78, 5) is 30.7. The minimum absolute atomic E-state index is 0.0929. The van der Waals surface area contributed by atoms with Crippen molar-refractivity contribution in [2.24, 2.45) is 0 Å². The number of carbonyl (C=O) groups excluding carboxylic acids is 2. The number of carbonyl (C=O) groups is 2. The van der Waals surface area contributed by atoms with Crippen molar-refractivity contribution >= 4 is 33.1 Å². The molecule has 5 rings (SSSR count). The Hall–Kier alpha value is -3.40. The Bertz CT molecular complexity index is 1480. The molecule has 0 bridgehead atoms. The van der Waals surface area contributed by atoms with E-state index in [1.165, 1.54) is 25.2 Å². The summed E-state index contributed by atoms with van der Waals surface area (Å²) in [5.74, 6) is 0.502. The Kier molecular flexibility index (Phi) is 7.66. The maximum Gasteiger partial charge on any atom is 0.409 e. The Labute approximate surface area is 229 Å². The number of fused-ring (bicyclic) bond motifs is 3. The van der Waals surface area contributed by atoms with E-state index in [-0.39, 0.29) is 18.1 Å². The summed E-state index contributed by atoms with van der Waals surface area (Å²) in [6.07, 6.45) is 3.51. The van der Waals surface area contributed by atoms with Gasteiger partial charge in [-0.3, -0.25) is 9.52 Å². The van der Waals surface area contributed by atoms with E-state index in [2.05, 4.69) is 40.5 Å². The first-order valence-corrected chi connectivity index (χ1v) is 15.1. The number of methoxy groups -OCH3 is 1. The average Bonchev–Trinajstić information content (AvgIpc) is 3.32. The maximum absolute atomic E-state index is 12.6. The van der Waals surface area contributed by atoms with Gasteiger partial charge in [-0.1, -0.05) is 36.4 Å². The molecule has 1 aromatic heterocycles. The molecule has 208 valence electrons. The molecule has 2 heterocycles. The van der Waals surface area contributed by atoms with Crippen LogP contribution in [0.1, 0.15) is 74.0 Å². The molecule has 1 saturated carbocycles. The van der Waals surface area contributed by atoms with Crippen molar-refractivity contribution < 1.29 is 22.7 Å². The Morgan fingerprint density at radius 2 is 1.82 bits per heavy atom. The van der Waals surface area contributed by atoms with E-state index in [4.69, 9.17) is 9.72 Å². The largest absolute Gasteiger partial charge is 0.453 e. The van der Waals surface area contributed by atoms with E-state index < -0.39 is 21.2 Å². The Morgan fingerprint density at radius 3 is 2.49 bits per heavy atom. The predicted octanol–water partition coefficient (Wildman–Crippen LogP) is 4.46. The van der Waals surface area contributed by atoms with Gasteiger partial charge in [0.1, 0.15) is 5.82 Å². The summed E-state index contributed by atoms with van der Waals surface area (Å²) in [5.41, 5.74) is 5.42. The predicted molar refractivity (Wildman–Crippen MR) is 149 cm³/mol. The van der Waals surface area contributed by atoms with Crippen molar-refractivity contribution in [3.8, 4) is 0 Å². The van der Waals surface area contributed by atoms with Gasteiger partial charge in [0.05, 0.1) is 29.9 Å². The lowest BCUT2D eigenvalue weighted by atomic mass is 9.88. The molecule has 1 aliphatic heterocycles. The second-order valence-electron chi connectivity index (χ2n) is 10.8. The third-order valence-electron chi connectivity index (χ3n) is 8.10. The smallest absolute Gasteiger partial charge is 0.409 e. The highest BCUT2D eigenvalue weighted by molar-refractivity contribution is 7.90. The van der Waals surface area contributed by atoms with Gasteiger partial charge < -0.3 is 14.2 Å². The van der Waals surface area contributed by atoms with Gasteiger partial charge in [0.25, 0.3) is 0 Å². The third-order valence-corrected chi connectivity index (χ3v) is 10.0. The first-order valence-electron chi connectivity index (χ1n) is 13.6. The highest BCUT2D eigenvalue weighted by atomic mass is 32.2. The summed E-state index contributed by atoms with van der Waals surface area (Å²) in [6, 6.07) is 14.8. The van der Waals surface area contributed by atoms with Crippen LogP contribution < -0.4 is 4.72 Å². The van der Waals surface area contributed by atoms with Crippen LogP contribution >= 0.6 is 0 Å². The molecule has 0 spiro atoms. The lowest BCUT2D eigenvalue weighted by Gasteiger charge is -2.29. The molecular weight excluding hydrogens is 516 g/mol. The molecule has 1 fully saturated rings. The molecule has 1 atom stereocenters. The minimum Gasteiger partial charge on any atom is -0.453 e. The van der Waals surface area contributed by atoms with Crippen molar-refractivity contribution in [2.45, 2.75) is 76.1 Å². The van der Waals surface area contributed by atoms with Gasteiger partial charge in [-0.05, 0) is 62.6 Å². The quantitative estimate of drug-likeness (QED) is 0.484. The average molecular weight is 553 g/mol. The van der Waals surface area contributed by atoms with Crippen LogP contribution in [-0.4, -0.2) is 53.8 Å². The van der Waals surface area contributed by atoms with Crippen molar-refractivity contribution in [1.29, 1.82) is 0 Å². The molecule has 1 N–H and O–H groups in total. The number of nitrogens with one attached hydrogen (secondary N) is 1. The van der Waals surface area contributed by atoms with Crippen LogP contribution in [0, 0.1) is 0 Å².